The number of hydrogen-bond acceptors (Lipinski definition) is 3. The monoisotopic (exact) mass is 310 g/mol. The Morgan fingerprint density at radius 1 is 1.56 bits per heavy atom. The highest BCUT2D eigenvalue weighted by atomic mass is 35.5. The van der Waals surface area contributed by atoms with Gasteiger partial charge in [0.05, 0.1) is 10.9 Å². The Morgan fingerprint density at radius 3 is 2.67 bits per heavy atom. The first-order valence-electron chi connectivity index (χ1n) is 5.76. The zero-order valence-corrected chi connectivity index (χ0v) is 13.3. The molecule has 1 atom stereocenters. The van der Waals surface area contributed by atoms with Crippen LogP contribution in [0.2, 0.25) is 4.34 Å². The van der Waals surface area contributed by atoms with Gasteiger partial charge in [0.25, 0.3) is 0 Å². The molecule has 1 rings (SSSR count). The third-order valence-electron chi connectivity index (χ3n) is 2.60. The molecular weight excluding hydrogens is 291 g/mol. The van der Waals surface area contributed by atoms with Crippen molar-refractivity contribution in [2.75, 3.05) is 20.1 Å². The molecule has 18 heavy (non-hydrogen) atoms. The summed E-state index contributed by atoms with van der Waals surface area (Å²) >= 11 is 7.41. The van der Waals surface area contributed by atoms with Gasteiger partial charge in [0.2, 0.25) is 5.91 Å². The molecule has 0 aromatic carbocycles. The van der Waals surface area contributed by atoms with Crippen LogP contribution in [-0.2, 0) is 11.3 Å². The van der Waals surface area contributed by atoms with Crippen LogP contribution in [0.15, 0.2) is 12.1 Å². The summed E-state index contributed by atoms with van der Waals surface area (Å²) in [5.41, 5.74) is 0. The van der Waals surface area contributed by atoms with Crippen LogP contribution in [0.1, 0.15) is 18.7 Å². The fourth-order valence-electron chi connectivity index (χ4n) is 1.68. The largest absolute Gasteiger partial charge is 0.338 e. The minimum Gasteiger partial charge on any atom is -0.338 e. The second-order valence-corrected chi connectivity index (χ2v) is 5.82. The summed E-state index contributed by atoms with van der Waals surface area (Å²) < 4.78 is 0.770. The maximum atomic E-state index is 12.1. The molecule has 0 aliphatic rings. The zero-order valence-electron chi connectivity index (χ0n) is 10.9. The Kier molecular flexibility index (Phi) is 8.61. The summed E-state index contributed by atoms with van der Waals surface area (Å²) in [6.07, 6.45) is 0. The zero-order chi connectivity index (χ0) is 12.8. The van der Waals surface area contributed by atoms with E-state index in [9.17, 15) is 4.79 Å². The van der Waals surface area contributed by atoms with Crippen molar-refractivity contribution >= 4 is 41.3 Å². The minimum atomic E-state index is 0. The number of hydrogen-bond donors (Lipinski definition) is 1. The van der Waals surface area contributed by atoms with E-state index < -0.39 is 0 Å². The minimum absolute atomic E-state index is 0. The van der Waals surface area contributed by atoms with E-state index >= 15 is 0 Å². The van der Waals surface area contributed by atoms with E-state index in [-0.39, 0.29) is 24.2 Å². The Hall–Kier alpha value is -0.290. The Morgan fingerprint density at radius 2 is 2.22 bits per heavy atom. The van der Waals surface area contributed by atoms with Gasteiger partial charge in [-0.25, -0.2) is 0 Å². The van der Waals surface area contributed by atoms with Crippen LogP contribution in [-0.4, -0.2) is 30.9 Å². The van der Waals surface area contributed by atoms with E-state index in [0.717, 1.165) is 15.8 Å². The van der Waals surface area contributed by atoms with Crippen molar-refractivity contribution in [3.8, 4) is 0 Å². The van der Waals surface area contributed by atoms with E-state index in [1.165, 1.54) is 11.3 Å². The molecule has 1 aromatic rings. The fraction of sp³-hybridized carbons (Fsp3) is 0.583. The SMILES string of the molecule is CCN(Cc1ccc(Cl)s1)C(=O)C(C)CNC.Cl. The van der Waals surface area contributed by atoms with E-state index in [2.05, 4.69) is 5.32 Å². The smallest absolute Gasteiger partial charge is 0.227 e. The number of halogens is 2. The lowest BCUT2D eigenvalue weighted by molar-refractivity contribution is -0.135. The lowest BCUT2D eigenvalue weighted by Gasteiger charge is -2.23. The molecule has 0 spiro atoms. The third-order valence-corrected chi connectivity index (χ3v) is 3.82. The number of nitrogens with zero attached hydrogens (tertiary/aromatic N) is 1. The molecule has 6 heteroatoms. The second-order valence-electron chi connectivity index (χ2n) is 4.02. The topological polar surface area (TPSA) is 32.3 Å². The van der Waals surface area contributed by atoms with Crippen molar-refractivity contribution < 1.29 is 4.79 Å². The fourth-order valence-corrected chi connectivity index (χ4v) is 2.78. The molecule has 0 saturated heterocycles. The van der Waals surface area contributed by atoms with Crippen molar-refractivity contribution in [1.29, 1.82) is 0 Å². The van der Waals surface area contributed by atoms with Crippen molar-refractivity contribution in [3.63, 3.8) is 0 Å². The Bertz CT molecular complexity index is 371. The second kappa shape index (κ2) is 8.75. The summed E-state index contributed by atoms with van der Waals surface area (Å²) in [5.74, 6) is 0.196. The molecule has 3 nitrogen and oxygen atoms in total. The molecule has 0 fully saturated rings. The molecule has 1 amide bonds. The predicted octanol–water partition coefficient (Wildman–Crippen LogP) is 3.03. The van der Waals surface area contributed by atoms with Gasteiger partial charge in [0, 0.05) is 23.9 Å². The lowest BCUT2D eigenvalue weighted by Crippen LogP contribution is -2.37. The van der Waals surface area contributed by atoms with E-state index in [0.29, 0.717) is 13.1 Å². The molecule has 1 N–H and O–H groups in total. The normalized spacial score (nSPS) is 11.8. The number of rotatable bonds is 6. The number of nitrogens with one attached hydrogen (secondary N) is 1. The molecular formula is C12H20Cl2N2OS. The van der Waals surface area contributed by atoms with Crippen LogP contribution in [0.5, 0.6) is 0 Å². The molecule has 1 unspecified atom stereocenters. The third kappa shape index (κ3) is 5.14. The highest BCUT2D eigenvalue weighted by molar-refractivity contribution is 7.16. The van der Waals surface area contributed by atoms with E-state index in [1.54, 1.807) is 0 Å². The van der Waals surface area contributed by atoms with Crippen molar-refractivity contribution in [2.24, 2.45) is 5.92 Å². The first kappa shape index (κ1) is 17.7. The van der Waals surface area contributed by atoms with Gasteiger partial charge < -0.3 is 10.2 Å². The molecule has 1 aromatic heterocycles. The van der Waals surface area contributed by atoms with Crippen LogP contribution in [0.25, 0.3) is 0 Å². The van der Waals surface area contributed by atoms with Gasteiger partial charge in [-0.15, -0.1) is 23.7 Å². The molecule has 0 aliphatic heterocycles. The Balaban J connectivity index is 0.00000289. The molecule has 1 heterocycles. The number of amides is 1. The van der Waals surface area contributed by atoms with Gasteiger partial charge in [-0.05, 0) is 26.1 Å². The van der Waals surface area contributed by atoms with Gasteiger partial charge in [-0.2, -0.15) is 0 Å². The van der Waals surface area contributed by atoms with Gasteiger partial charge in [-0.1, -0.05) is 18.5 Å². The van der Waals surface area contributed by atoms with Gasteiger partial charge >= 0.3 is 0 Å². The Labute approximate surface area is 124 Å². The maximum Gasteiger partial charge on any atom is 0.227 e. The molecule has 0 radical (unpaired) electrons. The van der Waals surface area contributed by atoms with Crippen LogP contribution >= 0.6 is 35.3 Å². The van der Waals surface area contributed by atoms with Crippen LogP contribution in [0.4, 0.5) is 0 Å². The first-order valence-corrected chi connectivity index (χ1v) is 6.95. The van der Waals surface area contributed by atoms with Crippen molar-refractivity contribution in [1.82, 2.24) is 10.2 Å². The summed E-state index contributed by atoms with van der Waals surface area (Å²) in [7, 11) is 1.86. The summed E-state index contributed by atoms with van der Waals surface area (Å²) in [5, 5.41) is 3.03. The number of thiophene rings is 1. The van der Waals surface area contributed by atoms with Crippen LogP contribution < -0.4 is 5.32 Å². The standard InChI is InChI=1S/C12H19ClN2OS.ClH/c1-4-15(12(16)9(2)7-14-3)8-10-5-6-11(13)17-10;/h5-6,9,14H,4,7-8H2,1-3H3;1H. The van der Waals surface area contributed by atoms with Gasteiger partial charge in [0.15, 0.2) is 0 Å². The summed E-state index contributed by atoms with van der Waals surface area (Å²) in [4.78, 5) is 15.1. The highest BCUT2D eigenvalue weighted by Gasteiger charge is 2.19. The molecule has 104 valence electrons. The van der Waals surface area contributed by atoms with Gasteiger partial charge in [-0.3, -0.25) is 4.79 Å². The van der Waals surface area contributed by atoms with Crippen molar-refractivity contribution in [2.45, 2.75) is 20.4 Å². The number of carbonyl (C=O) groups excluding carboxylic acids is 1. The lowest BCUT2D eigenvalue weighted by atomic mass is 10.1. The molecule has 0 saturated carbocycles. The van der Waals surface area contributed by atoms with E-state index in [1.807, 2.05) is 37.9 Å². The van der Waals surface area contributed by atoms with Crippen molar-refractivity contribution in [3.05, 3.63) is 21.3 Å². The quantitative estimate of drug-likeness (QED) is 0.876. The summed E-state index contributed by atoms with van der Waals surface area (Å²) in [6.45, 7) is 6.03. The summed E-state index contributed by atoms with van der Waals surface area (Å²) in [6, 6.07) is 3.85. The van der Waals surface area contributed by atoms with Gasteiger partial charge in [0.1, 0.15) is 0 Å². The predicted molar refractivity (Wildman–Crippen MR) is 80.8 cm³/mol. The number of carbonyl (C=O) groups is 1. The molecule has 0 aliphatic carbocycles. The van der Waals surface area contributed by atoms with Crippen LogP contribution in [0, 0.1) is 5.92 Å². The van der Waals surface area contributed by atoms with Crippen LogP contribution in [0.3, 0.4) is 0 Å². The maximum absolute atomic E-state index is 12.1. The average Bonchev–Trinajstić information content (AvgIpc) is 2.71. The van der Waals surface area contributed by atoms with E-state index in [4.69, 9.17) is 11.6 Å². The first-order chi connectivity index (χ1) is 8.08. The average molecular weight is 311 g/mol. The highest BCUT2D eigenvalue weighted by Crippen LogP contribution is 2.23. The molecule has 0 bridgehead atoms.